The van der Waals surface area contributed by atoms with Gasteiger partial charge in [-0.2, -0.15) is 0 Å². The molecule has 0 spiro atoms. The number of hydrogen-bond acceptors (Lipinski definition) is 3. The van der Waals surface area contributed by atoms with E-state index in [-0.39, 0.29) is 0 Å². The second-order valence-electron chi connectivity index (χ2n) is 6.54. The van der Waals surface area contributed by atoms with Crippen LogP contribution in [0.4, 0.5) is 5.69 Å². The van der Waals surface area contributed by atoms with Crippen molar-refractivity contribution in [3.8, 4) is 11.5 Å². The zero-order chi connectivity index (χ0) is 20.5. The summed E-state index contributed by atoms with van der Waals surface area (Å²) in [5.41, 5.74) is 3.18. The first-order chi connectivity index (χ1) is 14.2. The van der Waals surface area contributed by atoms with E-state index in [0.717, 1.165) is 22.7 Å². The van der Waals surface area contributed by atoms with Crippen molar-refractivity contribution < 1.29 is 9.47 Å². The van der Waals surface area contributed by atoms with Crippen LogP contribution in [0.15, 0.2) is 78.9 Å². The minimum Gasteiger partial charge on any atom is -0.497 e. The summed E-state index contributed by atoms with van der Waals surface area (Å²) in [6.45, 7) is 3.95. The summed E-state index contributed by atoms with van der Waals surface area (Å²) in [5.74, 6) is 1.67. The predicted octanol–water partition coefficient (Wildman–Crippen LogP) is 5.49. The summed E-state index contributed by atoms with van der Waals surface area (Å²) < 4.78 is 11.1. The highest BCUT2D eigenvalue weighted by atomic mass is 32.1. The van der Waals surface area contributed by atoms with E-state index < -0.39 is 0 Å². The maximum Gasteiger partial charge on any atom is 0.174 e. The molecular weight excluding hydrogens is 380 g/mol. The quantitative estimate of drug-likeness (QED) is 0.500. The van der Waals surface area contributed by atoms with Crippen molar-refractivity contribution in [3.63, 3.8) is 0 Å². The molecule has 0 radical (unpaired) electrons. The molecule has 29 heavy (non-hydrogen) atoms. The Kier molecular flexibility index (Phi) is 7.47. The zero-order valence-corrected chi connectivity index (χ0v) is 17.6. The van der Waals surface area contributed by atoms with Crippen LogP contribution >= 0.6 is 12.2 Å². The van der Waals surface area contributed by atoms with E-state index in [0.29, 0.717) is 24.8 Å². The molecule has 0 bridgehead atoms. The Morgan fingerprint density at radius 1 is 0.931 bits per heavy atom. The molecule has 0 aliphatic carbocycles. The number of hydrogen-bond donors (Lipinski definition) is 1. The highest BCUT2D eigenvalue weighted by Gasteiger charge is 2.14. The lowest BCUT2D eigenvalue weighted by atomic mass is 10.1. The van der Waals surface area contributed by atoms with Crippen molar-refractivity contribution in [2.24, 2.45) is 0 Å². The minimum absolute atomic E-state index is 0.627. The van der Waals surface area contributed by atoms with Gasteiger partial charge in [0.1, 0.15) is 11.5 Å². The van der Waals surface area contributed by atoms with Crippen LogP contribution in [0.1, 0.15) is 18.1 Å². The van der Waals surface area contributed by atoms with Gasteiger partial charge < -0.3 is 19.7 Å². The van der Waals surface area contributed by atoms with Crippen LogP contribution in [-0.4, -0.2) is 23.7 Å². The van der Waals surface area contributed by atoms with Crippen LogP contribution < -0.4 is 14.8 Å². The number of ether oxygens (including phenoxy) is 2. The lowest BCUT2D eigenvalue weighted by molar-refractivity contribution is 0.327. The smallest absolute Gasteiger partial charge is 0.174 e. The molecule has 0 saturated heterocycles. The van der Waals surface area contributed by atoms with Gasteiger partial charge in [-0.15, -0.1) is 0 Å². The van der Waals surface area contributed by atoms with Gasteiger partial charge in [-0.05, 0) is 42.9 Å². The molecule has 0 aromatic heterocycles. The molecule has 0 atom stereocenters. The number of methoxy groups -OCH3 is 1. The van der Waals surface area contributed by atoms with Crippen molar-refractivity contribution in [3.05, 3.63) is 90.0 Å². The molecule has 150 valence electrons. The normalized spacial score (nSPS) is 10.3. The van der Waals surface area contributed by atoms with Crippen LogP contribution in [0.5, 0.6) is 11.5 Å². The molecule has 0 heterocycles. The first kappa shape index (κ1) is 20.7. The topological polar surface area (TPSA) is 33.7 Å². The molecule has 0 amide bonds. The zero-order valence-electron chi connectivity index (χ0n) is 16.8. The predicted molar refractivity (Wildman–Crippen MR) is 123 cm³/mol. The molecule has 3 rings (SSSR count). The van der Waals surface area contributed by atoms with Gasteiger partial charge in [-0.3, -0.25) is 0 Å². The minimum atomic E-state index is 0.627. The fourth-order valence-corrected chi connectivity index (χ4v) is 3.29. The van der Waals surface area contributed by atoms with Crippen molar-refractivity contribution in [2.45, 2.75) is 20.0 Å². The maximum atomic E-state index is 5.81. The third-order valence-electron chi connectivity index (χ3n) is 4.46. The fraction of sp³-hybridized carbons (Fsp3) is 0.208. The highest BCUT2D eigenvalue weighted by Crippen LogP contribution is 2.23. The number of para-hydroxylation sites is 1. The van der Waals surface area contributed by atoms with Crippen molar-refractivity contribution in [2.75, 3.05) is 19.0 Å². The number of nitrogens with one attached hydrogen (secondary N) is 1. The molecule has 0 unspecified atom stereocenters. The molecule has 1 N–H and O–H groups in total. The first-order valence-corrected chi connectivity index (χ1v) is 10.0. The summed E-state index contributed by atoms with van der Waals surface area (Å²) in [7, 11) is 1.66. The molecule has 0 saturated carbocycles. The van der Waals surface area contributed by atoms with E-state index in [1.807, 2.05) is 67.6 Å². The molecule has 0 aliphatic rings. The van der Waals surface area contributed by atoms with Crippen molar-refractivity contribution in [1.29, 1.82) is 0 Å². The third-order valence-corrected chi connectivity index (χ3v) is 4.82. The number of rotatable bonds is 8. The van der Waals surface area contributed by atoms with Gasteiger partial charge in [0.05, 0.1) is 13.7 Å². The second kappa shape index (κ2) is 10.5. The standard InChI is InChI=1S/C24H26N2O2S/c1-3-28-23-15-8-7-12-20(23)18-26(17-19-10-5-4-6-11-19)24(29)25-21-13-9-14-22(16-21)27-2/h4-16H,3,17-18H2,1-2H3,(H,25,29). The Morgan fingerprint density at radius 2 is 1.69 bits per heavy atom. The largest absolute Gasteiger partial charge is 0.497 e. The number of thiocarbonyl (C=S) groups is 1. The first-order valence-electron chi connectivity index (χ1n) is 9.64. The molecule has 4 nitrogen and oxygen atoms in total. The van der Waals surface area contributed by atoms with Gasteiger partial charge in [-0.25, -0.2) is 0 Å². The number of benzene rings is 3. The van der Waals surface area contributed by atoms with E-state index in [1.54, 1.807) is 7.11 Å². The fourth-order valence-electron chi connectivity index (χ4n) is 3.04. The lowest BCUT2D eigenvalue weighted by Gasteiger charge is -2.27. The van der Waals surface area contributed by atoms with Crippen LogP contribution in [-0.2, 0) is 13.1 Å². The molecule has 3 aromatic rings. The summed E-state index contributed by atoms with van der Waals surface area (Å²) in [5, 5.41) is 3.99. The molecule has 5 heteroatoms. The summed E-state index contributed by atoms with van der Waals surface area (Å²) in [6, 6.07) is 26.2. The van der Waals surface area contributed by atoms with Crippen LogP contribution in [0, 0.1) is 0 Å². The highest BCUT2D eigenvalue weighted by molar-refractivity contribution is 7.80. The van der Waals surface area contributed by atoms with E-state index in [1.165, 1.54) is 5.56 Å². The third kappa shape index (κ3) is 5.96. The Morgan fingerprint density at radius 3 is 2.45 bits per heavy atom. The molecule has 0 fully saturated rings. The average molecular weight is 407 g/mol. The summed E-state index contributed by atoms with van der Waals surface area (Å²) in [4.78, 5) is 2.14. The Balaban J connectivity index is 1.83. The van der Waals surface area contributed by atoms with Gasteiger partial charge in [0, 0.05) is 30.4 Å². The van der Waals surface area contributed by atoms with Crippen LogP contribution in [0.2, 0.25) is 0 Å². The number of anilines is 1. The summed E-state index contributed by atoms with van der Waals surface area (Å²) in [6.07, 6.45) is 0. The SMILES string of the molecule is CCOc1ccccc1CN(Cc1ccccc1)C(=S)Nc1cccc(OC)c1. The monoisotopic (exact) mass is 406 g/mol. The summed E-state index contributed by atoms with van der Waals surface area (Å²) >= 11 is 5.78. The van der Waals surface area contributed by atoms with Gasteiger partial charge in [0.2, 0.25) is 0 Å². The maximum absolute atomic E-state index is 5.81. The van der Waals surface area contributed by atoms with Crippen molar-refractivity contribution in [1.82, 2.24) is 4.90 Å². The van der Waals surface area contributed by atoms with Crippen LogP contribution in [0.3, 0.4) is 0 Å². The number of nitrogens with zero attached hydrogens (tertiary/aromatic N) is 1. The second-order valence-corrected chi connectivity index (χ2v) is 6.93. The van der Waals surface area contributed by atoms with E-state index in [4.69, 9.17) is 21.7 Å². The Hall–Kier alpha value is -3.05. The molecule has 0 aliphatic heterocycles. The van der Waals surface area contributed by atoms with Gasteiger partial charge in [0.15, 0.2) is 5.11 Å². The van der Waals surface area contributed by atoms with E-state index in [2.05, 4.69) is 28.4 Å². The molecular formula is C24H26N2O2S. The van der Waals surface area contributed by atoms with E-state index >= 15 is 0 Å². The van der Waals surface area contributed by atoms with Crippen LogP contribution in [0.25, 0.3) is 0 Å². The van der Waals surface area contributed by atoms with Gasteiger partial charge in [-0.1, -0.05) is 54.6 Å². The molecule has 3 aromatic carbocycles. The lowest BCUT2D eigenvalue weighted by Crippen LogP contribution is -2.34. The van der Waals surface area contributed by atoms with E-state index in [9.17, 15) is 0 Å². The average Bonchev–Trinajstić information content (AvgIpc) is 2.75. The Bertz CT molecular complexity index is 931. The van der Waals surface area contributed by atoms with Gasteiger partial charge >= 0.3 is 0 Å². The Labute approximate surface area is 178 Å². The van der Waals surface area contributed by atoms with Crippen molar-refractivity contribution >= 4 is 23.0 Å². The van der Waals surface area contributed by atoms with Gasteiger partial charge in [0.25, 0.3) is 0 Å².